The minimum Gasteiger partial charge on any atom is -0.496 e. The highest BCUT2D eigenvalue weighted by Crippen LogP contribution is 2.21. The number of carbonyl (C=O) groups excluding carboxylic acids is 1. The van der Waals surface area contributed by atoms with E-state index >= 15 is 0 Å². The van der Waals surface area contributed by atoms with Gasteiger partial charge in [0.2, 0.25) is 5.91 Å². The maximum atomic E-state index is 12.3. The molecule has 116 valence electrons. The number of carbonyl (C=O) groups is 1. The van der Waals surface area contributed by atoms with Crippen LogP contribution in [0.25, 0.3) is 0 Å². The minimum absolute atomic E-state index is 0.222. The molecule has 1 N–H and O–H groups in total. The number of para-hydroxylation sites is 1. The van der Waals surface area contributed by atoms with Gasteiger partial charge in [-0.1, -0.05) is 18.2 Å². The molecule has 2 rings (SSSR count). The second kappa shape index (κ2) is 8.03. The molecule has 1 aliphatic rings. The Kier molecular flexibility index (Phi) is 6.05. The number of nitrogens with zero attached hydrogens (tertiary/aromatic N) is 1. The van der Waals surface area contributed by atoms with Crippen molar-refractivity contribution in [3.8, 4) is 5.75 Å². The summed E-state index contributed by atoms with van der Waals surface area (Å²) >= 11 is 0. The Bertz CT molecular complexity index is 456. The molecule has 0 spiro atoms. The molecule has 1 aromatic rings. The van der Waals surface area contributed by atoms with E-state index < -0.39 is 0 Å². The first-order chi connectivity index (χ1) is 10.2. The molecule has 1 fully saturated rings. The summed E-state index contributed by atoms with van der Waals surface area (Å²) in [7, 11) is 3.54. The Morgan fingerprint density at radius 3 is 2.76 bits per heavy atom. The fourth-order valence-corrected chi connectivity index (χ4v) is 2.87. The topological polar surface area (TPSA) is 41.6 Å². The van der Waals surface area contributed by atoms with Gasteiger partial charge in [0.05, 0.1) is 7.11 Å². The predicted molar refractivity (Wildman–Crippen MR) is 84.3 cm³/mol. The van der Waals surface area contributed by atoms with Crippen molar-refractivity contribution in [1.82, 2.24) is 10.2 Å². The van der Waals surface area contributed by atoms with E-state index in [2.05, 4.69) is 5.32 Å². The summed E-state index contributed by atoms with van der Waals surface area (Å²) in [5, 5.41) is 3.36. The fraction of sp³-hybridized carbons (Fsp3) is 0.588. The lowest BCUT2D eigenvalue weighted by Gasteiger charge is -2.24. The molecule has 0 saturated carbocycles. The second-order valence-electron chi connectivity index (χ2n) is 5.79. The van der Waals surface area contributed by atoms with Crippen molar-refractivity contribution in [2.75, 3.05) is 27.2 Å². The SMILES string of the molecule is COc1ccccc1CN(C)C(=O)CCC1CCNCC1. The van der Waals surface area contributed by atoms with Crippen LogP contribution in [-0.2, 0) is 11.3 Å². The molecule has 1 amide bonds. The zero-order chi connectivity index (χ0) is 15.1. The highest BCUT2D eigenvalue weighted by atomic mass is 16.5. The smallest absolute Gasteiger partial charge is 0.222 e. The summed E-state index contributed by atoms with van der Waals surface area (Å²) in [5.74, 6) is 1.77. The van der Waals surface area contributed by atoms with E-state index in [0.717, 1.165) is 30.8 Å². The molecule has 0 aromatic heterocycles. The summed E-state index contributed by atoms with van der Waals surface area (Å²) in [4.78, 5) is 14.1. The van der Waals surface area contributed by atoms with Crippen LogP contribution in [0.5, 0.6) is 5.75 Å². The number of hydrogen-bond acceptors (Lipinski definition) is 3. The molecule has 1 saturated heterocycles. The predicted octanol–water partition coefficient (Wildman–Crippen LogP) is 2.43. The molecule has 0 unspecified atom stereocenters. The third-order valence-corrected chi connectivity index (χ3v) is 4.25. The summed E-state index contributed by atoms with van der Waals surface area (Å²) < 4.78 is 5.34. The first-order valence-corrected chi connectivity index (χ1v) is 7.77. The summed E-state index contributed by atoms with van der Waals surface area (Å²) in [6.45, 7) is 2.79. The van der Waals surface area contributed by atoms with E-state index in [1.54, 1.807) is 12.0 Å². The van der Waals surface area contributed by atoms with Gasteiger partial charge in [0.25, 0.3) is 0 Å². The van der Waals surface area contributed by atoms with Crippen LogP contribution >= 0.6 is 0 Å². The summed E-state index contributed by atoms with van der Waals surface area (Å²) in [6.07, 6.45) is 4.06. The van der Waals surface area contributed by atoms with E-state index in [-0.39, 0.29) is 5.91 Å². The van der Waals surface area contributed by atoms with E-state index in [1.165, 1.54) is 12.8 Å². The van der Waals surface area contributed by atoms with Gasteiger partial charge in [0.1, 0.15) is 5.75 Å². The molecule has 21 heavy (non-hydrogen) atoms. The number of ether oxygens (including phenoxy) is 1. The number of rotatable bonds is 6. The number of benzene rings is 1. The average molecular weight is 290 g/mol. The average Bonchev–Trinajstić information content (AvgIpc) is 2.54. The third-order valence-electron chi connectivity index (χ3n) is 4.25. The molecule has 0 atom stereocenters. The van der Waals surface area contributed by atoms with Gasteiger partial charge in [-0.15, -0.1) is 0 Å². The summed E-state index contributed by atoms with van der Waals surface area (Å²) in [5.41, 5.74) is 1.05. The standard InChI is InChI=1S/C17H26N2O2/c1-19(13-15-5-3-4-6-16(15)21-2)17(20)8-7-14-9-11-18-12-10-14/h3-6,14,18H,7-13H2,1-2H3. The van der Waals surface area contributed by atoms with Gasteiger partial charge in [-0.05, 0) is 44.3 Å². The highest BCUT2D eigenvalue weighted by molar-refractivity contribution is 5.75. The van der Waals surface area contributed by atoms with Gasteiger partial charge in [0, 0.05) is 25.6 Å². The Hall–Kier alpha value is -1.55. The van der Waals surface area contributed by atoms with Crippen LogP contribution in [0.4, 0.5) is 0 Å². The number of amides is 1. The quantitative estimate of drug-likeness (QED) is 0.875. The van der Waals surface area contributed by atoms with E-state index in [0.29, 0.717) is 18.9 Å². The zero-order valence-electron chi connectivity index (χ0n) is 13.1. The summed E-state index contributed by atoms with van der Waals surface area (Å²) in [6, 6.07) is 7.87. The molecule has 1 aliphatic heterocycles. The van der Waals surface area contributed by atoms with Crippen molar-refractivity contribution in [3.05, 3.63) is 29.8 Å². The first-order valence-electron chi connectivity index (χ1n) is 7.77. The van der Waals surface area contributed by atoms with Gasteiger partial charge in [0.15, 0.2) is 0 Å². The van der Waals surface area contributed by atoms with Crippen LogP contribution in [-0.4, -0.2) is 38.1 Å². The maximum Gasteiger partial charge on any atom is 0.222 e. The van der Waals surface area contributed by atoms with E-state index in [4.69, 9.17) is 4.74 Å². The molecule has 1 heterocycles. The van der Waals surface area contributed by atoms with Crippen LogP contribution in [0.3, 0.4) is 0 Å². The van der Waals surface area contributed by atoms with Crippen LogP contribution < -0.4 is 10.1 Å². The van der Waals surface area contributed by atoms with Crippen molar-refractivity contribution in [3.63, 3.8) is 0 Å². The number of hydrogen-bond donors (Lipinski definition) is 1. The molecule has 1 aromatic carbocycles. The van der Waals surface area contributed by atoms with Crippen LogP contribution in [0.15, 0.2) is 24.3 Å². The lowest BCUT2D eigenvalue weighted by Crippen LogP contribution is -2.30. The molecule has 0 aliphatic carbocycles. The molecule has 4 nitrogen and oxygen atoms in total. The number of methoxy groups -OCH3 is 1. The molecule has 0 bridgehead atoms. The van der Waals surface area contributed by atoms with Crippen LogP contribution in [0.2, 0.25) is 0 Å². The van der Waals surface area contributed by atoms with Crippen molar-refractivity contribution >= 4 is 5.91 Å². The van der Waals surface area contributed by atoms with Gasteiger partial charge in [-0.2, -0.15) is 0 Å². The first kappa shape index (κ1) is 15.8. The molecular formula is C17H26N2O2. The molecule has 0 radical (unpaired) electrons. The molecule has 4 heteroatoms. The van der Waals surface area contributed by atoms with Gasteiger partial charge >= 0.3 is 0 Å². The van der Waals surface area contributed by atoms with Gasteiger partial charge in [-0.25, -0.2) is 0 Å². The van der Waals surface area contributed by atoms with Gasteiger partial charge in [-0.3, -0.25) is 4.79 Å². The number of nitrogens with one attached hydrogen (secondary N) is 1. The normalized spacial score (nSPS) is 15.7. The largest absolute Gasteiger partial charge is 0.496 e. The van der Waals surface area contributed by atoms with Gasteiger partial charge < -0.3 is 15.0 Å². The maximum absolute atomic E-state index is 12.3. The minimum atomic E-state index is 0.222. The van der Waals surface area contributed by atoms with Crippen LogP contribution in [0, 0.1) is 5.92 Å². The fourth-order valence-electron chi connectivity index (χ4n) is 2.87. The molecular weight excluding hydrogens is 264 g/mol. The van der Waals surface area contributed by atoms with Crippen molar-refractivity contribution in [2.24, 2.45) is 5.92 Å². The Labute approximate surface area is 127 Å². The van der Waals surface area contributed by atoms with Crippen LogP contribution in [0.1, 0.15) is 31.2 Å². The van der Waals surface area contributed by atoms with Crippen molar-refractivity contribution in [2.45, 2.75) is 32.2 Å². The third kappa shape index (κ3) is 4.74. The van der Waals surface area contributed by atoms with Crippen molar-refractivity contribution in [1.29, 1.82) is 0 Å². The zero-order valence-corrected chi connectivity index (χ0v) is 13.1. The Balaban J connectivity index is 1.81. The van der Waals surface area contributed by atoms with Crippen molar-refractivity contribution < 1.29 is 9.53 Å². The monoisotopic (exact) mass is 290 g/mol. The Morgan fingerprint density at radius 1 is 1.33 bits per heavy atom. The second-order valence-corrected chi connectivity index (χ2v) is 5.79. The number of piperidine rings is 1. The van der Waals surface area contributed by atoms with E-state index in [1.807, 2.05) is 31.3 Å². The highest BCUT2D eigenvalue weighted by Gasteiger charge is 2.17. The Morgan fingerprint density at radius 2 is 2.05 bits per heavy atom. The lowest BCUT2D eigenvalue weighted by atomic mass is 9.93. The van der Waals surface area contributed by atoms with E-state index in [9.17, 15) is 4.79 Å². The lowest BCUT2D eigenvalue weighted by molar-refractivity contribution is -0.130.